The summed E-state index contributed by atoms with van der Waals surface area (Å²) in [5.41, 5.74) is 3.03. The molecule has 0 unspecified atom stereocenters. The van der Waals surface area contributed by atoms with Crippen molar-refractivity contribution < 1.29 is 156 Å². The number of ketones is 5. The fourth-order valence-corrected chi connectivity index (χ4v) is 21.6. The van der Waals surface area contributed by atoms with Crippen LogP contribution in [-0.2, 0) is 102 Å². The first-order valence-corrected chi connectivity index (χ1v) is 55.6. The zero-order chi connectivity index (χ0) is 111. The first-order valence-electron chi connectivity index (χ1n) is 50.6. The molecule has 0 radical (unpaired) electrons. The molecule has 2 bridgehead atoms. The van der Waals surface area contributed by atoms with Gasteiger partial charge in [-0.3, -0.25) is 58.1 Å². The van der Waals surface area contributed by atoms with Gasteiger partial charge >= 0.3 is 30.2 Å². The highest BCUT2D eigenvalue weighted by molar-refractivity contribution is 8.77. The van der Waals surface area contributed by atoms with Gasteiger partial charge in [0, 0.05) is 130 Å². The van der Waals surface area contributed by atoms with Gasteiger partial charge in [-0.1, -0.05) is 128 Å². The second kappa shape index (κ2) is 64.7. The van der Waals surface area contributed by atoms with Gasteiger partial charge in [0.05, 0.1) is 68.5 Å². The number of carbonyl (C=O) groups excluding carboxylic acids is 13. The Labute approximate surface area is 888 Å². The van der Waals surface area contributed by atoms with Crippen LogP contribution < -0.4 is 37.4 Å². The number of allylic oxidation sites excluding steroid dienone is 6. The number of amides is 6. The van der Waals surface area contributed by atoms with Crippen LogP contribution in [0.2, 0.25) is 0 Å². The number of carboxylic acids is 2. The molecular weight excluding hydrogens is 2030 g/mol. The lowest BCUT2D eigenvalue weighted by atomic mass is 9.75. The van der Waals surface area contributed by atoms with Crippen molar-refractivity contribution in [2.24, 2.45) is 53.3 Å². The Kier molecular flexibility index (Phi) is 54.7. The first kappa shape index (κ1) is 127. The number of anilines is 1. The third-order valence-corrected chi connectivity index (χ3v) is 31.7. The standard InChI is InChI=1S/C102H150N12O32S4/c1-56-18-14-13-15-19-57(2)81(139-11)47-72-29-22-64(9)102(138,146-72)91(127)96(130)114-34-17-16-20-75(114)99(135)145-82(48-76(117)59(4)43-63(8)87(124)90(140-12)86(123)62(7)42-56)61(6)45-66-23-31-80(60(5)44-66)141-35-36-143-101(137)144-38-41-148-147-39-33-84(122)105-52-74(113-94(128)58(3)21-32-83(121)106-53-78(119)88(125)89(126)79(120)54-115)77(118)46-68(97(131)132)55-150-149-40-37-142-100(136)108-51-71(116)28-30-73(98(133)134)112-95(129)67-24-26-69(27-25-67)104-49-70-50-107-93-85(111-70)92(103)109-65(10)110-93/h13-15,18-19,24-27,43,50,56,58-62,64,66,68,72-75,78-82,87-90,104,115,119-120,124-126,138H,16-17,20-23,28-42,44-49,51-55H2,1-12H3,(H,105,122)(H,106,121)(H,108,136)(H,112,129)(H,113,128)(H,131,132)(H,133,134)(H2,103,107,109,110)/b15-13+,18-14+,57-19+,63-43+/t56-,58+,59-,60-,61-,62-,64-,66-,68+,72+,73+,74+,75+,78+,79-,80-,81+,82+,87-,88-,89-,90+,102-/m1/s1. The van der Waals surface area contributed by atoms with Crippen LogP contribution in [0.1, 0.15) is 200 Å². The topological polar surface area (TPSA) is 666 Å². The van der Waals surface area contributed by atoms with Gasteiger partial charge in [-0.05, 0) is 157 Å². The van der Waals surface area contributed by atoms with Gasteiger partial charge in [0.2, 0.25) is 23.5 Å². The summed E-state index contributed by atoms with van der Waals surface area (Å²) in [6.07, 6.45) is 0.874. The highest BCUT2D eigenvalue weighted by Crippen LogP contribution is 2.40. The van der Waals surface area contributed by atoms with Gasteiger partial charge in [0.25, 0.3) is 17.6 Å². The van der Waals surface area contributed by atoms with E-state index >= 15 is 0 Å². The number of cyclic esters (lactones) is 1. The Morgan fingerprint density at radius 1 is 0.713 bits per heavy atom. The number of fused-ring (bicyclic) bond motifs is 4. The Bertz CT molecular complexity index is 5190. The van der Waals surface area contributed by atoms with Crippen LogP contribution in [0.15, 0.2) is 78.1 Å². The molecule has 3 aliphatic heterocycles. The molecule has 834 valence electrons. The summed E-state index contributed by atoms with van der Waals surface area (Å²) in [6.45, 7) is 14.8. The molecule has 5 heterocycles. The molecule has 23 atom stereocenters. The average Bonchev–Trinajstić information content (AvgIpc) is 0.775. The van der Waals surface area contributed by atoms with Crippen LogP contribution in [0.4, 0.5) is 15.3 Å². The summed E-state index contributed by atoms with van der Waals surface area (Å²) in [5, 5.41) is 117. The summed E-state index contributed by atoms with van der Waals surface area (Å²) in [5.74, 6) is -17.3. The Morgan fingerprint density at radius 2 is 1.40 bits per heavy atom. The van der Waals surface area contributed by atoms with Crippen molar-refractivity contribution in [1.82, 2.24) is 51.4 Å². The molecule has 1 aromatic carbocycles. The molecule has 150 heavy (non-hydrogen) atoms. The maximum absolute atomic E-state index is 14.8. The number of aromatic amines is 1. The lowest BCUT2D eigenvalue weighted by Crippen LogP contribution is -2.61. The number of carbonyl (C=O) groups is 15. The van der Waals surface area contributed by atoms with Crippen molar-refractivity contribution in [3.8, 4) is 0 Å². The number of rotatable bonds is 50. The van der Waals surface area contributed by atoms with Crippen molar-refractivity contribution in [3.05, 3.63) is 101 Å². The predicted octanol–water partition coefficient (Wildman–Crippen LogP) is 6.39. The molecule has 1 saturated carbocycles. The molecule has 44 nitrogen and oxygen atoms in total. The molecule has 48 heteroatoms. The van der Waals surface area contributed by atoms with E-state index in [4.69, 9.17) is 48.4 Å². The number of piperidine rings is 1. The molecule has 3 aromatic rings. The van der Waals surface area contributed by atoms with Gasteiger partial charge in [-0.2, -0.15) is 0 Å². The molecule has 17 N–H and O–H groups in total. The molecule has 6 amide bonds. The van der Waals surface area contributed by atoms with Crippen molar-refractivity contribution in [3.63, 3.8) is 0 Å². The Balaban J connectivity index is 0.843. The van der Waals surface area contributed by atoms with Crippen LogP contribution >= 0.6 is 43.2 Å². The number of aryl methyl sites for hydroxylation is 1. The van der Waals surface area contributed by atoms with E-state index in [1.54, 1.807) is 59.9 Å². The summed E-state index contributed by atoms with van der Waals surface area (Å²) >= 11 is 0. The summed E-state index contributed by atoms with van der Waals surface area (Å²) in [4.78, 5) is 219. The molecule has 2 saturated heterocycles. The maximum atomic E-state index is 14.8. The number of nitrogens with one attached hydrogen (secondary N) is 8. The Hall–Kier alpha value is -10.2. The first-order chi connectivity index (χ1) is 71.2. The molecule has 7 rings (SSSR count). The van der Waals surface area contributed by atoms with Crippen LogP contribution in [0, 0.1) is 65.6 Å². The smallest absolute Gasteiger partial charge is 0.481 e. The fraction of sp³-hybridized carbons (Fsp3) is 0.657. The van der Waals surface area contributed by atoms with Crippen molar-refractivity contribution in [2.75, 3.05) is 102 Å². The number of carboxylic acid groups (broad SMARTS) is 2. The SMILES string of the molecule is CO[C@H]1C[C@@H]2CC[C@@H](C)[C@@](O)(O2)C(=O)C(=O)N2CCCC[C@H]2C(=O)O[C@H]([C@H](C)C[C@@H]2CC[C@@H](OCCOC(=O)OCCSSCCC(=O)NC[C@H](NC(=O)[C@@H](C)CCC(=O)NC[C@H](O)[C@@H](O)[C@H](O)[C@H](O)CO)C(=O)C[C@@H](CSSCCOC(=O)NCC(=O)CC[C@H](NC(=O)c3ccc(NCc4cnc5nc(C)[nH]c(=N)c5n4)cc3)C(=O)O)C(=O)O)[C@H](C)C2)CC(=O)[C@H](C)/C=C(\C)[C@@H](O)[C@@H](OC)C(=O)[C@H](C)C[C@H](C)/C=C/C=C/C=C/1C. The van der Waals surface area contributed by atoms with Crippen LogP contribution in [0.5, 0.6) is 0 Å². The number of H-pyrrole nitrogens is 1. The van der Waals surface area contributed by atoms with Crippen molar-refractivity contribution in [2.45, 2.75) is 276 Å². The van der Waals surface area contributed by atoms with E-state index in [9.17, 15) is 113 Å². The van der Waals surface area contributed by atoms with Gasteiger partial charge < -0.3 is 126 Å². The predicted molar refractivity (Wildman–Crippen MR) is 556 cm³/mol. The zero-order valence-electron chi connectivity index (χ0n) is 87.0. The monoisotopic (exact) mass is 2180 g/mol. The minimum absolute atomic E-state index is 0.000538. The Morgan fingerprint density at radius 3 is 2.09 bits per heavy atom. The number of benzene rings is 1. The highest BCUT2D eigenvalue weighted by Gasteiger charge is 2.54. The lowest BCUT2D eigenvalue weighted by Gasteiger charge is -2.42. The number of aliphatic hydroxyl groups excluding tert-OH is 6. The molecular formula is C102H150N12O32S4. The summed E-state index contributed by atoms with van der Waals surface area (Å²) in [6, 6.07) is 1.89. The highest BCUT2D eigenvalue weighted by atomic mass is 33.1. The zero-order valence-corrected chi connectivity index (χ0v) is 90.3. The van der Waals surface area contributed by atoms with Crippen LogP contribution in [0.25, 0.3) is 11.2 Å². The van der Waals surface area contributed by atoms with Crippen LogP contribution in [-0.4, -0.2) is 341 Å². The van der Waals surface area contributed by atoms with Gasteiger partial charge in [0.15, 0.2) is 34.0 Å². The van der Waals surface area contributed by atoms with E-state index in [0.29, 0.717) is 86.2 Å². The molecule has 4 aliphatic rings. The second-order valence-electron chi connectivity index (χ2n) is 38.8. The summed E-state index contributed by atoms with van der Waals surface area (Å²) < 4.78 is 46.1. The van der Waals surface area contributed by atoms with E-state index in [1.807, 2.05) is 58.1 Å². The summed E-state index contributed by atoms with van der Waals surface area (Å²) in [7, 11) is 7.50. The number of esters is 1. The molecule has 3 fully saturated rings. The largest absolute Gasteiger partial charge is 0.508 e. The lowest BCUT2D eigenvalue weighted by molar-refractivity contribution is -0.265. The molecule has 0 spiro atoms. The number of alkyl carbamates (subject to hydrolysis) is 1. The minimum Gasteiger partial charge on any atom is -0.481 e. The van der Waals surface area contributed by atoms with Gasteiger partial charge in [0.1, 0.15) is 86.2 Å². The maximum Gasteiger partial charge on any atom is 0.508 e. The number of methoxy groups -OCH3 is 2. The third-order valence-electron chi connectivity index (χ3n) is 26.9. The van der Waals surface area contributed by atoms with Gasteiger partial charge in [-0.15, -0.1) is 0 Å². The van der Waals surface area contributed by atoms with Crippen molar-refractivity contribution >= 4 is 149 Å². The minimum atomic E-state index is -2.52. The number of aromatic nitrogens is 4. The van der Waals surface area contributed by atoms with E-state index < -0.39 is 224 Å². The van der Waals surface area contributed by atoms with E-state index in [0.717, 1.165) is 32.1 Å². The molecule has 2 aromatic heterocycles. The van der Waals surface area contributed by atoms with Gasteiger partial charge in [-0.25, -0.2) is 34.1 Å². The second-order valence-corrected chi connectivity index (χ2v) is 44.1. The number of nitrogens with zero attached hydrogens (tertiary/aromatic N) is 4. The normalized spacial score (nSPS) is 25.5. The van der Waals surface area contributed by atoms with E-state index in [1.165, 1.54) is 54.0 Å². The average molecular weight is 2180 g/mol. The van der Waals surface area contributed by atoms with E-state index in [2.05, 4.69) is 51.8 Å². The quantitative estimate of drug-likeness (QED) is 0.00727. The van der Waals surface area contributed by atoms with E-state index in [-0.39, 0.29) is 166 Å². The number of aliphatic hydroxyl groups is 7. The van der Waals surface area contributed by atoms with Crippen LogP contribution in [0.3, 0.4) is 0 Å². The number of hydrogen-bond donors (Lipinski definition) is 17. The van der Waals surface area contributed by atoms with Crippen molar-refractivity contribution in [1.29, 1.82) is 5.41 Å². The third kappa shape index (κ3) is 41.7. The fourth-order valence-electron chi connectivity index (χ4n) is 17.7. The number of Topliss-reactive ketones (excluding diaryl/α,β-unsaturated/α-hetero) is 5. The number of ether oxygens (including phenoxy) is 8. The molecule has 1 aliphatic carbocycles. The number of hydrogen-bond acceptors (Lipinski definition) is 39. The number of aliphatic carboxylic acids is 2.